The molecule has 4 rings (SSSR count). The van der Waals surface area contributed by atoms with Crippen LogP contribution in [0, 0.1) is 5.82 Å². The highest BCUT2D eigenvalue weighted by Gasteiger charge is 2.19. The summed E-state index contributed by atoms with van der Waals surface area (Å²) in [5, 5.41) is 6.43. The van der Waals surface area contributed by atoms with Crippen LogP contribution in [-0.4, -0.2) is 41.9 Å². The van der Waals surface area contributed by atoms with Gasteiger partial charge in [-0.05, 0) is 30.2 Å². The van der Waals surface area contributed by atoms with Gasteiger partial charge in [-0.3, -0.25) is 4.99 Å². The number of hydrogen-bond acceptors (Lipinski definition) is 6. The molecule has 3 heterocycles. The monoisotopic (exact) mass is 326 g/mol. The van der Waals surface area contributed by atoms with Crippen LogP contribution in [0.3, 0.4) is 0 Å². The van der Waals surface area contributed by atoms with Gasteiger partial charge in [0.2, 0.25) is 5.95 Å². The number of benzene rings is 1. The Morgan fingerprint density at radius 1 is 1.38 bits per heavy atom. The zero-order valence-corrected chi connectivity index (χ0v) is 13.5. The Kier molecular flexibility index (Phi) is 3.86. The molecule has 2 aliphatic heterocycles. The van der Waals surface area contributed by atoms with Crippen LogP contribution in [0.2, 0.25) is 0 Å². The van der Waals surface area contributed by atoms with Gasteiger partial charge in [-0.25, -0.2) is 9.37 Å². The van der Waals surface area contributed by atoms with Crippen LogP contribution in [0.15, 0.2) is 29.4 Å². The van der Waals surface area contributed by atoms with Gasteiger partial charge in [0.15, 0.2) is 11.6 Å². The molecule has 0 aliphatic carbocycles. The van der Waals surface area contributed by atoms with Crippen LogP contribution in [0.1, 0.15) is 18.1 Å². The first-order valence-electron chi connectivity index (χ1n) is 8.10. The molecule has 1 unspecified atom stereocenters. The van der Waals surface area contributed by atoms with Crippen LogP contribution in [0.5, 0.6) is 0 Å². The minimum Gasteiger partial charge on any atom is -0.338 e. The lowest BCUT2D eigenvalue weighted by molar-refractivity contribution is 0.478. The molecule has 0 radical (unpaired) electrons. The summed E-state index contributed by atoms with van der Waals surface area (Å²) in [6.07, 6.45) is 3.07. The lowest BCUT2D eigenvalue weighted by Crippen LogP contribution is -2.49. The fraction of sp³-hybridized carbons (Fsp3) is 0.353. The van der Waals surface area contributed by atoms with E-state index in [1.54, 1.807) is 0 Å². The summed E-state index contributed by atoms with van der Waals surface area (Å²) in [7, 11) is 0. The van der Waals surface area contributed by atoms with E-state index in [2.05, 4.69) is 37.4 Å². The van der Waals surface area contributed by atoms with Gasteiger partial charge in [-0.1, -0.05) is 6.07 Å². The average molecular weight is 326 g/mol. The molecule has 124 valence electrons. The number of nitrogens with one attached hydrogen (secondary N) is 2. The largest absolute Gasteiger partial charge is 0.338 e. The number of anilines is 3. The standard InChI is InChI=1S/C17H19FN6/c1-11-10-24(5-4-20-11)17-21-9-15(18)16(23-17)22-14-3-2-12-7-19-8-13(12)6-14/h2-3,6,8-9,11,20H,4-5,7,10H2,1H3,(H,21,22,23). The number of hydrogen-bond donors (Lipinski definition) is 2. The van der Waals surface area contributed by atoms with Gasteiger partial charge >= 0.3 is 0 Å². The van der Waals surface area contributed by atoms with E-state index in [9.17, 15) is 4.39 Å². The molecule has 0 saturated carbocycles. The van der Waals surface area contributed by atoms with Crippen molar-refractivity contribution in [2.24, 2.45) is 4.99 Å². The van der Waals surface area contributed by atoms with Crippen LogP contribution in [0.4, 0.5) is 21.8 Å². The van der Waals surface area contributed by atoms with E-state index in [0.29, 0.717) is 18.5 Å². The van der Waals surface area contributed by atoms with Gasteiger partial charge in [0, 0.05) is 37.6 Å². The van der Waals surface area contributed by atoms with Crippen molar-refractivity contribution in [2.75, 3.05) is 29.9 Å². The molecular weight excluding hydrogens is 307 g/mol. The molecule has 24 heavy (non-hydrogen) atoms. The molecule has 1 saturated heterocycles. The molecule has 1 fully saturated rings. The summed E-state index contributed by atoms with van der Waals surface area (Å²) in [5.74, 6) is 0.284. The lowest BCUT2D eigenvalue weighted by atomic mass is 10.1. The summed E-state index contributed by atoms with van der Waals surface area (Å²) < 4.78 is 14.1. The second-order valence-corrected chi connectivity index (χ2v) is 6.18. The Morgan fingerprint density at radius 2 is 2.29 bits per heavy atom. The second-order valence-electron chi connectivity index (χ2n) is 6.18. The van der Waals surface area contributed by atoms with Gasteiger partial charge < -0.3 is 15.5 Å². The van der Waals surface area contributed by atoms with E-state index >= 15 is 0 Å². The van der Waals surface area contributed by atoms with Crippen LogP contribution >= 0.6 is 0 Å². The molecule has 0 spiro atoms. The summed E-state index contributed by atoms with van der Waals surface area (Å²) in [5.41, 5.74) is 3.03. The predicted octanol–water partition coefficient (Wildman–Crippen LogP) is 2.09. The fourth-order valence-corrected chi connectivity index (χ4v) is 3.03. The number of nitrogens with zero attached hydrogens (tertiary/aromatic N) is 4. The molecule has 2 aliphatic rings. The Hall–Kier alpha value is -2.54. The lowest BCUT2D eigenvalue weighted by Gasteiger charge is -2.31. The normalized spacial score (nSPS) is 19.4. The van der Waals surface area contributed by atoms with Crippen molar-refractivity contribution in [2.45, 2.75) is 19.5 Å². The smallest absolute Gasteiger partial charge is 0.227 e. The van der Waals surface area contributed by atoms with Crippen LogP contribution in [0.25, 0.3) is 0 Å². The van der Waals surface area contributed by atoms with E-state index in [-0.39, 0.29) is 5.82 Å². The molecule has 6 nitrogen and oxygen atoms in total. The summed E-state index contributed by atoms with van der Waals surface area (Å²) in [6.45, 7) is 5.31. The summed E-state index contributed by atoms with van der Waals surface area (Å²) in [6, 6.07) is 6.24. The average Bonchev–Trinajstić information content (AvgIpc) is 3.04. The zero-order chi connectivity index (χ0) is 16.5. The SMILES string of the molecule is CC1CN(c2ncc(F)c(Nc3ccc4c(c3)C=NC4)n2)CCN1. The molecule has 7 heteroatoms. The maximum Gasteiger partial charge on any atom is 0.227 e. The number of rotatable bonds is 3. The van der Waals surface area contributed by atoms with Gasteiger partial charge in [-0.2, -0.15) is 4.98 Å². The number of halogens is 1. The van der Waals surface area contributed by atoms with E-state index < -0.39 is 5.82 Å². The predicted molar refractivity (Wildman–Crippen MR) is 92.7 cm³/mol. The molecule has 2 N–H and O–H groups in total. The fourth-order valence-electron chi connectivity index (χ4n) is 3.03. The van der Waals surface area contributed by atoms with E-state index in [0.717, 1.165) is 30.9 Å². The van der Waals surface area contributed by atoms with Gasteiger partial charge in [0.05, 0.1) is 12.7 Å². The molecule has 0 amide bonds. The molecular formula is C17H19FN6. The van der Waals surface area contributed by atoms with E-state index in [4.69, 9.17) is 0 Å². The first kappa shape index (κ1) is 15.0. The highest BCUT2D eigenvalue weighted by Crippen LogP contribution is 2.24. The van der Waals surface area contributed by atoms with Gasteiger partial charge in [-0.15, -0.1) is 0 Å². The number of piperazine rings is 1. The minimum absolute atomic E-state index is 0.195. The van der Waals surface area contributed by atoms with E-state index in [1.807, 2.05) is 24.4 Å². The minimum atomic E-state index is -0.462. The summed E-state index contributed by atoms with van der Waals surface area (Å²) in [4.78, 5) is 14.8. The zero-order valence-electron chi connectivity index (χ0n) is 13.5. The van der Waals surface area contributed by atoms with Crippen molar-refractivity contribution in [3.8, 4) is 0 Å². The molecule has 1 aromatic heterocycles. The number of fused-ring (bicyclic) bond motifs is 1. The number of aliphatic imine (C=N–C) groups is 1. The molecule has 1 atom stereocenters. The highest BCUT2D eigenvalue weighted by molar-refractivity contribution is 5.86. The van der Waals surface area contributed by atoms with Crippen molar-refractivity contribution in [1.29, 1.82) is 0 Å². The van der Waals surface area contributed by atoms with Crippen LogP contribution < -0.4 is 15.5 Å². The van der Waals surface area contributed by atoms with Crippen molar-refractivity contribution in [1.82, 2.24) is 15.3 Å². The maximum absolute atomic E-state index is 14.1. The second kappa shape index (κ2) is 6.16. The molecule has 1 aromatic carbocycles. The Morgan fingerprint density at radius 3 is 3.17 bits per heavy atom. The van der Waals surface area contributed by atoms with Crippen molar-refractivity contribution >= 4 is 23.7 Å². The Labute approximate surface area is 139 Å². The molecule has 0 bridgehead atoms. The van der Waals surface area contributed by atoms with E-state index in [1.165, 1.54) is 11.8 Å². The quantitative estimate of drug-likeness (QED) is 0.904. The Balaban J connectivity index is 1.58. The van der Waals surface area contributed by atoms with Gasteiger partial charge in [0.25, 0.3) is 0 Å². The first-order chi connectivity index (χ1) is 11.7. The third-order valence-electron chi connectivity index (χ3n) is 4.28. The van der Waals surface area contributed by atoms with Gasteiger partial charge in [0.1, 0.15) is 0 Å². The summed E-state index contributed by atoms with van der Waals surface area (Å²) >= 11 is 0. The third-order valence-corrected chi connectivity index (χ3v) is 4.28. The number of aromatic nitrogens is 2. The highest BCUT2D eigenvalue weighted by atomic mass is 19.1. The maximum atomic E-state index is 14.1. The third kappa shape index (κ3) is 2.94. The van der Waals surface area contributed by atoms with Crippen molar-refractivity contribution < 1.29 is 4.39 Å². The first-order valence-corrected chi connectivity index (χ1v) is 8.10. The van der Waals surface area contributed by atoms with Crippen molar-refractivity contribution in [3.05, 3.63) is 41.3 Å². The Bertz CT molecular complexity index is 791. The van der Waals surface area contributed by atoms with Crippen LogP contribution in [-0.2, 0) is 6.54 Å². The molecule has 2 aromatic rings. The topological polar surface area (TPSA) is 65.4 Å². The van der Waals surface area contributed by atoms with Crippen molar-refractivity contribution in [3.63, 3.8) is 0 Å².